The van der Waals surface area contributed by atoms with E-state index >= 15 is 0 Å². The van der Waals surface area contributed by atoms with Gasteiger partial charge in [0.05, 0.1) is 0 Å². The fraction of sp³-hybridized carbons (Fsp3) is 0.105. The minimum atomic E-state index is 0.0464. The predicted molar refractivity (Wildman–Crippen MR) is 88.1 cm³/mol. The molecule has 3 rings (SSSR count). The van der Waals surface area contributed by atoms with Gasteiger partial charge in [0.1, 0.15) is 0 Å². The van der Waals surface area contributed by atoms with Crippen LogP contribution in [0.1, 0.15) is 21.5 Å². The molecule has 0 aliphatic heterocycles. The summed E-state index contributed by atoms with van der Waals surface area (Å²) in [4.78, 5) is 12.7. The van der Waals surface area contributed by atoms with Crippen molar-refractivity contribution in [1.29, 1.82) is 0 Å². The molecule has 0 heterocycles. The first-order valence-electron chi connectivity index (χ1n) is 7.01. The highest BCUT2D eigenvalue weighted by molar-refractivity contribution is 6.13. The van der Waals surface area contributed by atoms with E-state index in [0.717, 1.165) is 22.0 Å². The summed E-state index contributed by atoms with van der Waals surface area (Å²) in [5.74, 6) is 0.0464. The van der Waals surface area contributed by atoms with Gasteiger partial charge in [-0.15, -0.1) is 0 Å². The van der Waals surface area contributed by atoms with E-state index in [0.29, 0.717) is 11.1 Å². The lowest BCUT2D eigenvalue weighted by Crippen LogP contribution is -2.05. The average molecular weight is 275 g/mol. The van der Waals surface area contributed by atoms with Crippen LogP contribution in [0.25, 0.3) is 10.8 Å². The molecule has 0 aromatic heterocycles. The summed E-state index contributed by atoms with van der Waals surface area (Å²) < 4.78 is 0. The number of carbonyl (C=O) groups excluding carboxylic acids is 1. The molecule has 2 heteroatoms. The third kappa shape index (κ3) is 2.52. The van der Waals surface area contributed by atoms with Crippen LogP contribution in [0.5, 0.6) is 0 Å². The first-order chi connectivity index (χ1) is 10.2. The Morgan fingerprint density at radius 2 is 1.67 bits per heavy atom. The van der Waals surface area contributed by atoms with Crippen LogP contribution in [-0.4, -0.2) is 12.8 Å². The largest absolute Gasteiger partial charge is 0.388 e. The lowest BCUT2D eigenvalue weighted by Gasteiger charge is -2.10. The Labute approximate surface area is 124 Å². The maximum absolute atomic E-state index is 12.7. The standard InChI is InChI=1S/C19H17NO/c1-13-7-10-17(18(11-13)20-2)19(21)16-9-8-14-5-3-4-6-15(14)12-16/h3-12,20H,1-2H3. The Morgan fingerprint density at radius 1 is 0.905 bits per heavy atom. The molecule has 0 atom stereocenters. The predicted octanol–water partition coefficient (Wildman–Crippen LogP) is 4.42. The van der Waals surface area contributed by atoms with Crippen LogP contribution in [0.2, 0.25) is 0 Å². The molecule has 0 saturated carbocycles. The van der Waals surface area contributed by atoms with E-state index in [4.69, 9.17) is 0 Å². The molecule has 0 amide bonds. The lowest BCUT2D eigenvalue weighted by atomic mass is 9.98. The van der Waals surface area contributed by atoms with Gasteiger partial charge in [-0.2, -0.15) is 0 Å². The van der Waals surface area contributed by atoms with Gasteiger partial charge in [-0.25, -0.2) is 0 Å². The fourth-order valence-electron chi connectivity index (χ4n) is 2.55. The molecule has 0 aliphatic carbocycles. The molecular formula is C19H17NO. The van der Waals surface area contributed by atoms with Crippen molar-refractivity contribution in [2.75, 3.05) is 12.4 Å². The highest BCUT2D eigenvalue weighted by Crippen LogP contribution is 2.23. The molecule has 0 saturated heterocycles. The molecule has 2 nitrogen and oxygen atoms in total. The van der Waals surface area contributed by atoms with E-state index < -0.39 is 0 Å². The number of fused-ring (bicyclic) bond motifs is 1. The third-order valence-electron chi connectivity index (χ3n) is 3.70. The first kappa shape index (κ1) is 13.4. The molecular weight excluding hydrogens is 258 g/mol. The molecule has 21 heavy (non-hydrogen) atoms. The molecule has 3 aromatic rings. The Morgan fingerprint density at radius 3 is 2.43 bits per heavy atom. The molecule has 0 aliphatic rings. The highest BCUT2D eigenvalue weighted by Gasteiger charge is 2.13. The van der Waals surface area contributed by atoms with E-state index in [2.05, 4.69) is 11.4 Å². The number of nitrogens with one attached hydrogen (secondary N) is 1. The summed E-state index contributed by atoms with van der Waals surface area (Å²) in [6.45, 7) is 2.02. The van der Waals surface area contributed by atoms with Gasteiger partial charge in [0.15, 0.2) is 5.78 Å². The number of hydrogen-bond acceptors (Lipinski definition) is 2. The summed E-state index contributed by atoms with van der Waals surface area (Å²) in [5, 5.41) is 5.33. The second-order valence-electron chi connectivity index (χ2n) is 5.19. The maximum atomic E-state index is 12.7. The minimum Gasteiger partial charge on any atom is -0.388 e. The number of aryl methyl sites for hydroxylation is 1. The van der Waals surface area contributed by atoms with Crippen molar-refractivity contribution in [2.24, 2.45) is 0 Å². The van der Waals surface area contributed by atoms with Crippen molar-refractivity contribution < 1.29 is 4.79 Å². The van der Waals surface area contributed by atoms with Gasteiger partial charge < -0.3 is 5.32 Å². The van der Waals surface area contributed by atoms with Crippen molar-refractivity contribution in [3.8, 4) is 0 Å². The maximum Gasteiger partial charge on any atom is 0.195 e. The van der Waals surface area contributed by atoms with E-state index in [1.165, 1.54) is 0 Å². The summed E-state index contributed by atoms with van der Waals surface area (Å²) >= 11 is 0. The Balaban J connectivity index is 2.08. The molecule has 0 bridgehead atoms. The zero-order valence-corrected chi connectivity index (χ0v) is 12.2. The Hall–Kier alpha value is -2.61. The van der Waals surface area contributed by atoms with Crippen molar-refractivity contribution in [2.45, 2.75) is 6.92 Å². The zero-order valence-electron chi connectivity index (χ0n) is 12.2. The van der Waals surface area contributed by atoms with E-state index in [1.54, 1.807) is 0 Å². The van der Waals surface area contributed by atoms with Gasteiger partial charge in [-0.3, -0.25) is 4.79 Å². The van der Waals surface area contributed by atoms with Crippen LogP contribution in [0.4, 0.5) is 5.69 Å². The summed E-state index contributed by atoms with van der Waals surface area (Å²) in [5.41, 5.74) is 3.43. The van der Waals surface area contributed by atoms with E-state index in [9.17, 15) is 4.79 Å². The van der Waals surface area contributed by atoms with Gasteiger partial charge >= 0.3 is 0 Å². The average Bonchev–Trinajstić information content (AvgIpc) is 2.53. The van der Waals surface area contributed by atoms with Crippen molar-refractivity contribution in [3.63, 3.8) is 0 Å². The van der Waals surface area contributed by atoms with Gasteiger partial charge in [-0.05, 0) is 41.5 Å². The zero-order chi connectivity index (χ0) is 14.8. The van der Waals surface area contributed by atoms with Crippen molar-refractivity contribution in [3.05, 3.63) is 77.4 Å². The molecule has 0 fully saturated rings. The molecule has 1 N–H and O–H groups in total. The number of rotatable bonds is 3. The summed E-state index contributed by atoms with van der Waals surface area (Å²) in [7, 11) is 1.84. The molecule has 3 aromatic carbocycles. The molecule has 104 valence electrons. The number of hydrogen-bond donors (Lipinski definition) is 1. The minimum absolute atomic E-state index is 0.0464. The number of benzene rings is 3. The van der Waals surface area contributed by atoms with Crippen LogP contribution in [0.3, 0.4) is 0 Å². The number of ketones is 1. The Kier molecular flexibility index (Phi) is 3.44. The van der Waals surface area contributed by atoms with Crippen molar-refractivity contribution >= 4 is 22.2 Å². The third-order valence-corrected chi connectivity index (χ3v) is 3.70. The quantitative estimate of drug-likeness (QED) is 0.717. The Bertz CT molecular complexity index is 821. The SMILES string of the molecule is CNc1cc(C)ccc1C(=O)c1ccc2ccccc2c1. The first-order valence-corrected chi connectivity index (χ1v) is 7.01. The fourth-order valence-corrected chi connectivity index (χ4v) is 2.55. The summed E-state index contributed by atoms with van der Waals surface area (Å²) in [6, 6.07) is 19.8. The van der Waals surface area contributed by atoms with E-state index in [1.807, 2.05) is 68.6 Å². The van der Waals surface area contributed by atoms with Gasteiger partial charge in [0.25, 0.3) is 0 Å². The lowest BCUT2D eigenvalue weighted by molar-refractivity contribution is 0.103. The van der Waals surface area contributed by atoms with Crippen LogP contribution in [-0.2, 0) is 0 Å². The molecule has 0 spiro atoms. The van der Waals surface area contributed by atoms with Crippen molar-refractivity contribution in [1.82, 2.24) is 0 Å². The highest BCUT2D eigenvalue weighted by atomic mass is 16.1. The van der Waals surface area contributed by atoms with Gasteiger partial charge in [0, 0.05) is 23.9 Å². The van der Waals surface area contributed by atoms with Crippen LogP contribution < -0.4 is 5.32 Å². The van der Waals surface area contributed by atoms with Crippen LogP contribution in [0, 0.1) is 6.92 Å². The topological polar surface area (TPSA) is 29.1 Å². The van der Waals surface area contributed by atoms with E-state index in [-0.39, 0.29) is 5.78 Å². The molecule has 0 unspecified atom stereocenters. The second-order valence-corrected chi connectivity index (χ2v) is 5.19. The summed E-state index contributed by atoms with van der Waals surface area (Å²) in [6.07, 6.45) is 0. The van der Waals surface area contributed by atoms with Crippen LogP contribution >= 0.6 is 0 Å². The number of carbonyl (C=O) groups is 1. The number of anilines is 1. The molecule has 0 radical (unpaired) electrons. The monoisotopic (exact) mass is 275 g/mol. The van der Waals surface area contributed by atoms with Gasteiger partial charge in [-0.1, -0.05) is 42.5 Å². The smallest absolute Gasteiger partial charge is 0.195 e. The van der Waals surface area contributed by atoms with Gasteiger partial charge in [0.2, 0.25) is 0 Å². The normalized spacial score (nSPS) is 10.6. The second kappa shape index (κ2) is 5.41. The van der Waals surface area contributed by atoms with Crippen LogP contribution in [0.15, 0.2) is 60.7 Å².